The summed E-state index contributed by atoms with van der Waals surface area (Å²) in [5, 5.41) is 21.1. The number of azo groups is 1. The van der Waals surface area contributed by atoms with Crippen LogP contribution in [-0.4, -0.2) is 36.9 Å². The molecule has 1 atom stereocenters. The highest BCUT2D eigenvalue weighted by Gasteiger charge is 2.24. The van der Waals surface area contributed by atoms with E-state index in [0.29, 0.717) is 11.4 Å². The summed E-state index contributed by atoms with van der Waals surface area (Å²) in [5.41, 5.74) is 0.157. The fourth-order valence-corrected chi connectivity index (χ4v) is 2.26. The van der Waals surface area contributed by atoms with Gasteiger partial charge in [0.1, 0.15) is 17.2 Å². The number of benzene rings is 2. The Labute approximate surface area is 160 Å². The van der Waals surface area contributed by atoms with E-state index in [1.807, 2.05) is 0 Å². The highest BCUT2D eigenvalue weighted by molar-refractivity contribution is 6.10. The van der Waals surface area contributed by atoms with Gasteiger partial charge in [-0.1, -0.05) is 12.1 Å². The summed E-state index contributed by atoms with van der Waals surface area (Å²) in [7, 11) is 2.80. The Kier molecular flexibility index (Phi) is 6.74. The van der Waals surface area contributed by atoms with Gasteiger partial charge in [0.05, 0.1) is 24.8 Å². The molecule has 1 amide bonds. The second-order valence-electron chi connectivity index (χ2n) is 5.53. The number of carbonyl (C=O) groups excluding carboxylic acids is 2. The number of hydrogen-bond donors (Lipinski definition) is 1. The van der Waals surface area contributed by atoms with Gasteiger partial charge >= 0.3 is 0 Å². The molecular weight excluding hydrogens is 368 g/mol. The van der Waals surface area contributed by atoms with Crippen LogP contribution < -0.4 is 14.8 Å². The first-order valence-corrected chi connectivity index (χ1v) is 8.05. The lowest BCUT2D eigenvalue weighted by Crippen LogP contribution is -2.31. The van der Waals surface area contributed by atoms with Crippen LogP contribution in [0.15, 0.2) is 52.7 Å². The van der Waals surface area contributed by atoms with Gasteiger partial charge in [-0.15, -0.1) is 0 Å². The molecule has 0 radical (unpaired) electrons. The van der Waals surface area contributed by atoms with Crippen molar-refractivity contribution >= 4 is 28.8 Å². The molecule has 2 rings (SSSR count). The molecule has 0 spiro atoms. The lowest BCUT2D eigenvalue weighted by Gasteiger charge is -2.12. The fraction of sp³-hybridized carbons (Fsp3) is 0.222. The Morgan fingerprint density at radius 2 is 1.79 bits per heavy atom. The minimum Gasteiger partial charge on any atom is -0.495 e. The smallest absolute Gasteiger partial charge is 0.271 e. The van der Waals surface area contributed by atoms with Gasteiger partial charge in [-0.3, -0.25) is 19.7 Å². The average molecular weight is 386 g/mol. The van der Waals surface area contributed by atoms with Crippen molar-refractivity contribution in [3.05, 3.63) is 52.6 Å². The number of amides is 1. The lowest BCUT2D eigenvalue weighted by molar-refractivity contribution is -0.384. The Morgan fingerprint density at radius 3 is 2.39 bits per heavy atom. The molecule has 0 saturated carbocycles. The molecule has 1 unspecified atom stereocenters. The molecule has 2 aromatic rings. The van der Waals surface area contributed by atoms with Gasteiger partial charge in [0, 0.05) is 12.1 Å². The Bertz CT molecular complexity index is 928. The van der Waals surface area contributed by atoms with Crippen molar-refractivity contribution in [2.75, 3.05) is 19.5 Å². The number of methoxy groups -OCH3 is 2. The SMILES string of the molecule is COc1ccc([N+](=O)[O-])cc1N=NC(C(C)=O)C(=O)Nc1ccccc1OC. The number of hydrogen-bond acceptors (Lipinski definition) is 8. The monoisotopic (exact) mass is 386 g/mol. The van der Waals surface area contributed by atoms with Gasteiger partial charge in [0.25, 0.3) is 11.6 Å². The van der Waals surface area contributed by atoms with Crippen molar-refractivity contribution in [3.8, 4) is 11.5 Å². The molecule has 0 aromatic heterocycles. The van der Waals surface area contributed by atoms with Crippen molar-refractivity contribution in [1.82, 2.24) is 0 Å². The van der Waals surface area contributed by atoms with E-state index < -0.39 is 22.7 Å². The number of nitrogens with zero attached hydrogens (tertiary/aromatic N) is 3. The molecule has 0 heterocycles. The van der Waals surface area contributed by atoms with E-state index in [1.165, 1.54) is 33.3 Å². The zero-order valence-corrected chi connectivity index (χ0v) is 15.4. The number of anilines is 1. The third kappa shape index (κ3) is 4.87. The maximum absolute atomic E-state index is 12.5. The van der Waals surface area contributed by atoms with Crippen LogP contribution in [0.3, 0.4) is 0 Å². The van der Waals surface area contributed by atoms with Gasteiger partial charge < -0.3 is 14.8 Å². The van der Waals surface area contributed by atoms with Crippen LogP contribution in [0.1, 0.15) is 6.92 Å². The Hall–Kier alpha value is -3.82. The van der Waals surface area contributed by atoms with Crippen LogP contribution in [0, 0.1) is 10.1 Å². The first-order valence-electron chi connectivity index (χ1n) is 8.05. The first-order chi connectivity index (χ1) is 13.4. The number of nitro groups is 1. The highest BCUT2D eigenvalue weighted by Crippen LogP contribution is 2.32. The molecule has 10 heteroatoms. The third-order valence-corrected chi connectivity index (χ3v) is 3.65. The van der Waals surface area contributed by atoms with Gasteiger partial charge in [0.15, 0.2) is 5.78 Å². The molecule has 0 bridgehead atoms. The quantitative estimate of drug-likeness (QED) is 0.320. The largest absolute Gasteiger partial charge is 0.495 e. The fourth-order valence-electron chi connectivity index (χ4n) is 2.26. The normalized spacial score (nSPS) is 11.7. The van der Waals surface area contributed by atoms with Crippen LogP contribution in [0.25, 0.3) is 0 Å². The van der Waals surface area contributed by atoms with Crippen molar-refractivity contribution in [3.63, 3.8) is 0 Å². The number of nitro benzene ring substituents is 1. The third-order valence-electron chi connectivity index (χ3n) is 3.65. The lowest BCUT2D eigenvalue weighted by atomic mass is 10.2. The average Bonchev–Trinajstić information content (AvgIpc) is 2.68. The molecule has 0 aliphatic heterocycles. The van der Waals surface area contributed by atoms with Crippen molar-refractivity contribution < 1.29 is 24.0 Å². The van der Waals surface area contributed by atoms with Crippen LogP contribution >= 0.6 is 0 Å². The number of ketones is 1. The molecule has 0 aliphatic rings. The van der Waals surface area contributed by atoms with E-state index in [2.05, 4.69) is 15.5 Å². The Morgan fingerprint density at radius 1 is 1.11 bits per heavy atom. The summed E-state index contributed by atoms with van der Waals surface area (Å²) in [6, 6.07) is 8.95. The second-order valence-corrected chi connectivity index (χ2v) is 5.53. The molecule has 0 aliphatic carbocycles. The molecule has 146 valence electrons. The minimum absolute atomic E-state index is 0.0213. The maximum atomic E-state index is 12.5. The van der Waals surface area contributed by atoms with Gasteiger partial charge in [-0.05, 0) is 25.1 Å². The molecule has 10 nitrogen and oxygen atoms in total. The molecule has 0 fully saturated rings. The summed E-state index contributed by atoms with van der Waals surface area (Å²) in [5.74, 6) is -0.650. The van der Waals surface area contributed by atoms with E-state index in [9.17, 15) is 19.7 Å². The van der Waals surface area contributed by atoms with Crippen LogP contribution in [-0.2, 0) is 9.59 Å². The number of Topliss-reactive ketones (excluding diaryl/α,β-unsaturated/α-hetero) is 1. The van der Waals surface area contributed by atoms with Gasteiger partial charge in [-0.25, -0.2) is 0 Å². The standard InChI is InChI=1S/C18H18N4O6/c1-11(23)17(18(24)19-13-6-4-5-7-15(13)27-2)21-20-14-10-12(22(25)26)8-9-16(14)28-3/h4-10,17H,1-3H3,(H,19,24). The number of nitrogens with one attached hydrogen (secondary N) is 1. The zero-order chi connectivity index (χ0) is 20.7. The maximum Gasteiger partial charge on any atom is 0.271 e. The van der Waals surface area contributed by atoms with Crippen LogP contribution in [0.5, 0.6) is 11.5 Å². The predicted octanol–water partition coefficient (Wildman–Crippen LogP) is 3.29. The molecule has 1 N–H and O–H groups in total. The van der Waals surface area contributed by atoms with E-state index in [-0.39, 0.29) is 17.1 Å². The van der Waals surface area contributed by atoms with E-state index in [4.69, 9.17) is 9.47 Å². The molecule has 28 heavy (non-hydrogen) atoms. The van der Waals surface area contributed by atoms with Gasteiger partial charge in [0.2, 0.25) is 6.04 Å². The van der Waals surface area contributed by atoms with Crippen molar-refractivity contribution in [2.45, 2.75) is 13.0 Å². The number of ether oxygens (including phenoxy) is 2. The minimum atomic E-state index is -1.45. The summed E-state index contributed by atoms with van der Waals surface area (Å²) in [6.45, 7) is 1.19. The van der Waals surface area contributed by atoms with Gasteiger partial charge in [-0.2, -0.15) is 10.2 Å². The summed E-state index contributed by atoms with van der Waals surface area (Å²) < 4.78 is 10.2. The molecular formula is C18H18N4O6. The Balaban J connectivity index is 2.30. The predicted molar refractivity (Wildman–Crippen MR) is 100 cm³/mol. The number of rotatable bonds is 8. The van der Waals surface area contributed by atoms with Crippen molar-refractivity contribution in [1.29, 1.82) is 0 Å². The number of carbonyl (C=O) groups is 2. The first kappa shape index (κ1) is 20.5. The summed E-state index contributed by atoms with van der Waals surface area (Å²) >= 11 is 0. The van der Waals surface area contributed by atoms with E-state index >= 15 is 0 Å². The topological polar surface area (TPSA) is 132 Å². The molecule has 0 saturated heterocycles. The number of non-ortho nitro benzene ring substituents is 1. The zero-order valence-electron chi connectivity index (χ0n) is 15.4. The highest BCUT2D eigenvalue weighted by atomic mass is 16.6. The van der Waals surface area contributed by atoms with Crippen molar-refractivity contribution in [2.24, 2.45) is 10.2 Å². The number of para-hydroxylation sites is 2. The summed E-state index contributed by atoms with van der Waals surface area (Å²) in [6.07, 6.45) is 0. The second kappa shape index (κ2) is 9.21. The molecule has 2 aromatic carbocycles. The van der Waals surface area contributed by atoms with E-state index in [0.717, 1.165) is 6.07 Å². The van der Waals surface area contributed by atoms with Crippen LogP contribution in [0.4, 0.5) is 17.1 Å². The summed E-state index contributed by atoms with van der Waals surface area (Å²) in [4.78, 5) is 34.7. The van der Waals surface area contributed by atoms with Crippen LogP contribution in [0.2, 0.25) is 0 Å². The van der Waals surface area contributed by atoms with E-state index in [1.54, 1.807) is 24.3 Å².